The number of hydrogen-bond donors (Lipinski definition) is 0. The monoisotopic (exact) mass is 838 g/mol. The zero-order valence-corrected chi connectivity index (χ0v) is 37.0. The van der Waals surface area contributed by atoms with E-state index in [1.165, 1.54) is 66.1 Å². The molecule has 0 unspecified atom stereocenters. The van der Waals surface area contributed by atoms with Crippen LogP contribution in [0.2, 0.25) is 0 Å². The van der Waals surface area contributed by atoms with Gasteiger partial charge in [0, 0.05) is 32.9 Å². The number of nitrogens with zero attached hydrogens (tertiary/aromatic N) is 2. The van der Waals surface area contributed by atoms with Crippen LogP contribution in [-0.4, -0.2) is 27.5 Å². The third kappa shape index (κ3) is 6.61. The van der Waals surface area contributed by atoms with Crippen LogP contribution in [0.15, 0.2) is 212 Å². The summed E-state index contributed by atoms with van der Waals surface area (Å²) in [6.07, 6.45) is 0. The van der Waals surface area contributed by atoms with Crippen LogP contribution >= 0.6 is 0 Å². The van der Waals surface area contributed by atoms with E-state index in [9.17, 15) is 0 Å². The van der Waals surface area contributed by atoms with Gasteiger partial charge in [-0.05, 0) is 144 Å². The Labute approximate surface area is 380 Å². The van der Waals surface area contributed by atoms with Crippen LogP contribution in [0.3, 0.4) is 0 Å². The first kappa shape index (κ1) is 39.2. The normalized spacial score (nSPS) is 14.6. The summed E-state index contributed by atoms with van der Waals surface area (Å²) in [5, 5.41) is 4.78. The molecule has 4 nitrogen and oxygen atoms in total. The lowest BCUT2D eigenvalue weighted by Crippen LogP contribution is -2.41. The highest BCUT2D eigenvalue weighted by atomic mass is 16.7. The minimum Gasteiger partial charge on any atom is -0.399 e. The van der Waals surface area contributed by atoms with Crippen LogP contribution in [-0.2, 0) is 9.31 Å². The van der Waals surface area contributed by atoms with Crippen molar-refractivity contribution >= 4 is 56.2 Å². The molecule has 0 saturated carbocycles. The van der Waals surface area contributed by atoms with Crippen LogP contribution in [0.1, 0.15) is 27.7 Å². The fraction of sp³-hybridized carbons (Fsp3) is 0.100. The Morgan fingerprint density at radius 2 is 0.585 bits per heavy atom. The average Bonchev–Trinajstić information content (AvgIpc) is 3.94. The maximum Gasteiger partial charge on any atom is 0.494 e. The van der Waals surface area contributed by atoms with Crippen LogP contribution in [0, 0.1) is 0 Å². The lowest BCUT2D eigenvalue weighted by molar-refractivity contribution is 0.00578. The number of rotatable bonds is 7. The zero-order chi connectivity index (χ0) is 43.9. The topological polar surface area (TPSA) is 28.3 Å². The van der Waals surface area contributed by atoms with E-state index in [1.807, 2.05) is 0 Å². The van der Waals surface area contributed by atoms with Crippen LogP contribution in [0.4, 0.5) is 0 Å². The largest absolute Gasteiger partial charge is 0.494 e. The Hall–Kier alpha value is -7.44. The predicted molar refractivity (Wildman–Crippen MR) is 273 cm³/mol. The molecule has 5 heteroatoms. The van der Waals surface area contributed by atoms with Gasteiger partial charge in [0.2, 0.25) is 0 Å². The Morgan fingerprint density at radius 3 is 0.862 bits per heavy atom. The quantitative estimate of drug-likeness (QED) is 0.150. The smallest absolute Gasteiger partial charge is 0.399 e. The summed E-state index contributed by atoms with van der Waals surface area (Å²) in [7, 11) is -0.580. The van der Waals surface area contributed by atoms with E-state index in [-0.39, 0.29) is 0 Å². The van der Waals surface area contributed by atoms with Gasteiger partial charge >= 0.3 is 7.12 Å². The van der Waals surface area contributed by atoms with Gasteiger partial charge in [-0.2, -0.15) is 0 Å². The minimum absolute atomic E-state index is 0.517. The van der Waals surface area contributed by atoms with Gasteiger partial charge in [-0.25, -0.2) is 0 Å². The van der Waals surface area contributed by atoms with Gasteiger partial charge in [0.05, 0.1) is 33.3 Å². The molecule has 312 valence electrons. The SMILES string of the molecule is CC1(C)OB(c2cc(-n3c4ccc(-c5ccccc5)cc4c4cc(-c5ccccc5)ccc43)cc(-n3c4ccc(-c5ccccc5)cc4c4cc(-c5ccccc5)ccc43)c2)OC1(C)C. The van der Waals surface area contributed by atoms with E-state index < -0.39 is 18.3 Å². The van der Waals surface area contributed by atoms with Crippen LogP contribution in [0.5, 0.6) is 0 Å². The Balaban J connectivity index is 1.14. The van der Waals surface area contributed by atoms with Gasteiger partial charge in [-0.1, -0.05) is 146 Å². The first-order valence-electron chi connectivity index (χ1n) is 22.6. The number of benzene rings is 9. The molecule has 0 atom stereocenters. The van der Waals surface area contributed by atoms with E-state index >= 15 is 0 Å². The summed E-state index contributed by atoms with van der Waals surface area (Å²) in [4.78, 5) is 0. The first-order chi connectivity index (χ1) is 31.7. The summed E-state index contributed by atoms with van der Waals surface area (Å²) in [5.74, 6) is 0. The van der Waals surface area contributed by atoms with E-state index in [0.717, 1.165) is 38.9 Å². The van der Waals surface area contributed by atoms with Crippen molar-refractivity contribution in [3.63, 3.8) is 0 Å². The van der Waals surface area contributed by atoms with Crippen molar-refractivity contribution < 1.29 is 9.31 Å². The van der Waals surface area contributed by atoms with Gasteiger partial charge in [0.1, 0.15) is 0 Å². The summed E-state index contributed by atoms with van der Waals surface area (Å²) >= 11 is 0. The fourth-order valence-corrected chi connectivity index (χ4v) is 9.84. The molecule has 65 heavy (non-hydrogen) atoms. The standard InChI is InChI=1S/C60H47BN2O2/c1-59(2)60(3,4)65-61(64-59)48-37-49(62-55-29-25-44(40-17-9-5-10-18-40)33-51(55)52-34-45(26-30-56(52)62)41-19-11-6-12-20-41)39-50(38-48)63-57-31-27-46(42-21-13-7-14-22-42)35-53(57)54-36-47(28-32-58(54)63)43-23-15-8-16-24-43/h5-39H,1-4H3. The highest BCUT2D eigenvalue weighted by molar-refractivity contribution is 6.62. The molecule has 12 rings (SSSR count). The van der Waals surface area contributed by atoms with Crippen molar-refractivity contribution in [2.45, 2.75) is 38.9 Å². The first-order valence-corrected chi connectivity index (χ1v) is 22.6. The van der Waals surface area contributed by atoms with Gasteiger partial charge < -0.3 is 18.4 Å². The highest BCUT2D eigenvalue weighted by Crippen LogP contribution is 2.42. The molecular formula is C60H47BN2O2. The molecule has 1 fully saturated rings. The van der Waals surface area contributed by atoms with Gasteiger partial charge in [0.15, 0.2) is 0 Å². The fourth-order valence-electron chi connectivity index (χ4n) is 9.84. The molecule has 3 heterocycles. The second-order valence-corrected chi connectivity index (χ2v) is 18.4. The highest BCUT2D eigenvalue weighted by Gasteiger charge is 2.52. The lowest BCUT2D eigenvalue weighted by Gasteiger charge is -2.32. The van der Waals surface area contributed by atoms with Crippen molar-refractivity contribution in [3.05, 3.63) is 212 Å². The van der Waals surface area contributed by atoms with E-state index in [1.54, 1.807) is 0 Å². The Kier molecular flexibility index (Phi) is 9.10. The van der Waals surface area contributed by atoms with Gasteiger partial charge in [-0.15, -0.1) is 0 Å². The molecule has 9 aromatic carbocycles. The van der Waals surface area contributed by atoms with Crippen LogP contribution in [0.25, 0.3) is 99.5 Å². The Morgan fingerprint density at radius 1 is 0.308 bits per heavy atom. The van der Waals surface area contributed by atoms with Crippen molar-refractivity contribution in [1.82, 2.24) is 9.13 Å². The second kappa shape index (κ2) is 15.1. The summed E-state index contributed by atoms with van der Waals surface area (Å²) in [6.45, 7) is 8.50. The molecule has 1 aliphatic rings. The molecule has 0 aliphatic carbocycles. The second-order valence-electron chi connectivity index (χ2n) is 18.4. The Bertz CT molecular complexity index is 3160. The summed E-state index contributed by atoms with van der Waals surface area (Å²) in [6, 6.07) is 77.2. The molecule has 2 aromatic heterocycles. The molecule has 11 aromatic rings. The maximum atomic E-state index is 6.86. The number of aromatic nitrogens is 2. The molecule has 1 aliphatic heterocycles. The van der Waals surface area contributed by atoms with Crippen LogP contribution < -0.4 is 5.46 Å². The molecule has 0 radical (unpaired) electrons. The van der Waals surface area contributed by atoms with Crippen molar-refractivity contribution in [2.24, 2.45) is 0 Å². The number of fused-ring (bicyclic) bond motifs is 6. The van der Waals surface area contributed by atoms with Crippen molar-refractivity contribution in [1.29, 1.82) is 0 Å². The zero-order valence-electron chi connectivity index (χ0n) is 37.0. The molecule has 0 N–H and O–H groups in total. The minimum atomic E-state index is -0.580. The molecule has 0 bridgehead atoms. The third-order valence-corrected chi connectivity index (χ3v) is 13.9. The average molecular weight is 839 g/mol. The van der Waals surface area contributed by atoms with E-state index in [4.69, 9.17) is 9.31 Å². The molecule has 1 saturated heterocycles. The molecular weight excluding hydrogens is 791 g/mol. The van der Waals surface area contributed by atoms with Gasteiger partial charge in [-0.3, -0.25) is 0 Å². The molecule has 0 spiro atoms. The van der Waals surface area contributed by atoms with Crippen molar-refractivity contribution in [2.75, 3.05) is 0 Å². The van der Waals surface area contributed by atoms with Crippen molar-refractivity contribution in [3.8, 4) is 55.9 Å². The van der Waals surface area contributed by atoms with E-state index in [2.05, 4.69) is 249 Å². The maximum absolute atomic E-state index is 6.86. The third-order valence-electron chi connectivity index (χ3n) is 13.9. The van der Waals surface area contributed by atoms with Gasteiger partial charge in [0.25, 0.3) is 0 Å². The number of hydrogen-bond acceptors (Lipinski definition) is 2. The van der Waals surface area contributed by atoms with E-state index in [0.29, 0.717) is 0 Å². The summed E-state index contributed by atoms with van der Waals surface area (Å²) < 4.78 is 18.6. The predicted octanol–water partition coefficient (Wildman–Crippen LogP) is 14.8. The molecule has 0 amide bonds. The summed E-state index contributed by atoms with van der Waals surface area (Å²) in [5.41, 5.74) is 16.0. The lowest BCUT2D eigenvalue weighted by atomic mass is 9.78.